The lowest BCUT2D eigenvalue weighted by Crippen LogP contribution is -2.46. The molecule has 0 radical (unpaired) electrons. The van der Waals surface area contributed by atoms with Crippen LogP contribution in [0.3, 0.4) is 0 Å². The molecule has 0 N–H and O–H groups in total. The molecule has 0 aliphatic rings. The molecule has 0 aliphatic carbocycles. The van der Waals surface area contributed by atoms with Gasteiger partial charge in [-0.15, -0.1) is 0 Å². The second kappa shape index (κ2) is 13.9. The zero-order chi connectivity index (χ0) is 16.7. The lowest BCUT2D eigenvalue weighted by Gasteiger charge is -2.29. The Bertz CT molecular complexity index is 274. The minimum Gasteiger partial charge on any atom is -0.463 e. The Morgan fingerprint density at radius 3 is 1.82 bits per heavy atom. The Labute approximate surface area is 136 Å². The Morgan fingerprint density at radius 2 is 1.41 bits per heavy atom. The first-order valence-corrected chi connectivity index (χ1v) is 10.3. The third kappa shape index (κ3) is 10.1. The minimum absolute atomic E-state index is 0.379. The van der Waals surface area contributed by atoms with Gasteiger partial charge in [0.2, 0.25) is 0 Å². The van der Waals surface area contributed by atoms with Gasteiger partial charge in [-0.3, -0.25) is 0 Å². The van der Waals surface area contributed by atoms with E-state index >= 15 is 0 Å². The van der Waals surface area contributed by atoms with E-state index in [1.165, 1.54) is 6.08 Å². The van der Waals surface area contributed by atoms with E-state index in [1.807, 2.05) is 0 Å². The molecule has 0 unspecified atom stereocenters. The standard InChI is InChI=1S/C16H32O5Si/c1-5-11-19-22(20-12-6-2,21-13-7-3)15-10-9-14-18-16(17)8-4/h8H,4-7,9-15H2,1-3H3. The molecule has 0 fully saturated rings. The Hall–Kier alpha value is -0.693. The van der Waals surface area contributed by atoms with Crippen molar-refractivity contribution in [1.29, 1.82) is 0 Å². The first-order chi connectivity index (χ1) is 10.6. The highest BCUT2D eigenvalue weighted by atomic mass is 28.4. The van der Waals surface area contributed by atoms with Crippen molar-refractivity contribution in [3.05, 3.63) is 12.7 Å². The van der Waals surface area contributed by atoms with Gasteiger partial charge in [-0.1, -0.05) is 27.4 Å². The summed E-state index contributed by atoms with van der Waals surface area (Å²) < 4.78 is 23.0. The molecular weight excluding hydrogens is 300 g/mol. The van der Waals surface area contributed by atoms with Crippen LogP contribution >= 0.6 is 0 Å². The summed E-state index contributed by atoms with van der Waals surface area (Å²) in [4.78, 5) is 11.0. The van der Waals surface area contributed by atoms with E-state index in [4.69, 9.17) is 18.0 Å². The van der Waals surface area contributed by atoms with Crippen LogP contribution in [0.5, 0.6) is 0 Å². The van der Waals surface area contributed by atoms with Crippen LogP contribution in [0.1, 0.15) is 52.9 Å². The molecule has 5 nitrogen and oxygen atoms in total. The predicted molar refractivity (Wildman–Crippen MR) is 89.7 cm³/mol. The van der Waals surface area contributed by atoms with E-state index in [0.717, 1.165) is 38.1 Å². The van der Waals surface area contributed by atoms with Gasteiger partial charge in [-0.2, -0.15) is 0 Å². The van der Waals surface area contributed by atoms with Gasteiger partial charge in [-0.05, 0) is 32.1 Å². The third-order valence-corrected chi connectivity index (χ3v) is 5.76. The van der Waals surface area contributed by atoms with Gasteiger partial charge in [0.15, 0.2) is 0 Å². The van der Waals surface area contributed by atoms with Crippen LogP contribution in [0, 0.1) is 0 Å². The van der Waals surface area contributed by atoms with E-state index < -0.39 is 8.80 Å². The maximum absolute atomic E-state index is 11.0. The van der Waals surface area contributed by atoms with Crippen LogP contribution in [-0.4, -0.2) is 41.2 Å². The fourth-order valence-electron chi connectivity index (χ4n) is 1.79. The van der Waals surface area contributed by atoms with Crippen molar-refractivity contribution in [2.45, 2.75) is 58.9 Å². The van der Waals surface area contributed by atoms with Crippen molar-refractivity contribution in [2.24, 2.45) is 0 Å². The highest BCUT2D eigenvalue weighted by Crippen LogP contribution is 2.20. The molecule has 0 rings (SSSR count). The Balaban J connectivity index is 4.38. The van der Waals surface area contributed by atoms with E-state index in [2.05, 4.69) is 27.4 Å². The molecule has 0 amide bonds. The Kier molecular flexibility index (Phi) is 13.5. The molecule has 0 aromatic carbocycles. The molecule has 6 heteroatoms. The fourth-order valence-corrected chi connectivity index (χ4v) is 4.70. The summed E-state index contributed by atoms with van der Waals surface area (Å²) in [6.07, 6.45) is 5.63. The summed E-state index contributed by atoms with van der Waals surface area (Å²) in [5.74, 6) is -0.379. The van der Waals surface area contributed by atoms with Crippen LogP contribution in [0.15, 0.2) is 12.7 Å². The molecule has 130 valence electrons. The largest absolute Gasteiger partial charge is 0.500 e. The zero-order valence-corrected chi connectivity index (χ0v) is 15.4. The van der Waals surface area contributed by atoms with E-state index in [9.17, 15) is 4.79 Å². The fraction of sp³-hybridized carbons (Fsp3) is 0.812. The van der Waals surface area contributed by atoms with Crippen LogP contribution in [0.25, 0.3) is 0 Å². The average molecular weight is 333 g/mol. The second-order valence-corrected chi connectivity index (χ2v) is 7.79. The van der Waals surface area contributed by atoms with Gasteiger partial charge in [0, 0.05) is 31.9 Å². The molecule has 0 spiro atoms. The van der Waals surface area contributed by atoms with Gasteiger partial charge < -0.3 is 18.0 Å². The maximum atomic E-state index is 11.0. The molecule has 0 saturated heterocycles. The number of carbonyl (C=O) groups is 1. The highest BCUT2D eigenvalue weighted by molar-refractivity contribution is 6.60. The smallest absolute Gasteiger partial charge is 0.463 e. The number of rotatable bonds is 15. The summed E-state index contributed by atoms with van der Waals surface area (Å²) in [6.45, 7) is 12.0. The van der Waals surface area contributed by atoms with E-state index in [0.29, 0.717) is 26.4 Å². The van der Waals surface area contributed by atoms with Crippen molar-refractivity contribution < 1.29 is 22.8 Å². The summed E-state index contributed by atoms with van der Waals surface area (Å²) in [5.41, 5.74) is 0. The topological polar surface area (TPSA) is 54.0 Å². The normalized spacial score (nSPS) is 11.4. The molecule has 0 saturated carbocycles. The molecular formula is C16H32O5Si. The molecule has 0 atom stereocenters. The molecule has 0 bridgehead atoms. The quantitative estimate of drug-likeness (QED) is 0.198. The molecule has 0 aromatic heterocycles. The number of hydrogen-bond acceptors (Lipinski definition) is 5. The van der Waals surface area contributed by atoms with Crippen molar-refractivity contribution in [3.8, 4) is 0 Å². The monoisotopic (exact) mass is 332 g/mol. The van der Waals surface area contributed by atoms with Gasteiger partial charge in [0.1, 0.15) is 0 Å². The second-order valence-electron chi connectivity index (χ2n) is 5.06. The summed E-state index contributed by atoms with van der Waals surface area (Å²) in [6, 6.07) is 0.763. The van der Waals surface area contributed by atoms with Crippen molar-refractivity contribution >= 4 is 14.8 Å². The molecule has 22 heavy (non-hydrogen) atoms. The Morgan fingerprint density at radius 1 is 0.909 bits per heavy atom. The maximum Gasteiger partial charge on any atom is 0.500 e. The first-order valence-electron chi connectivity index (χ1n) is 8.35. The van der Waals surface area contributed by atoms with Gasteiger partial charge in [0.25, 0.3) is 0 Å². The molecule has 0 heterocycles. The van der Waals surface area contributed by atoms with Crippen molar-refractivity contribution in [1.82, 2.24) is 0 Å². The number of hydrogen-bond donors (Lipinski definition) is 0. The van der Waals surface area contributed by atoms with E-state index in [1.54, 1.807) is 0 Å². The minimum atomic E-state index is -2.60. The first kappa shape index (κ1) is 21.3. The summed E-state index contributed by atoms with van der Waals surface area (Å²) in [7, 11) is -2.60. The summed E-state index contributed by atoms with van der Waals surface area (Å²) >= 11 is 0. The lowest BCUT2D eigenvalue weighted by atomic mass is 10.4. The number of esters is 1. The van der Waals surface area contributed by atoms with Crippen LogP contribution in [0.4, 0.5) is 0 Å². The van der Waals surface area contributed by atoms with Crippen molar-refractivity contribution in [2.75, 3.05) is 26.4 Å². The predicted octanol–water partition coefficient (Wildman–Crippen LogP) is 3.71. The van der Waals surface area contributed by atoms with Crippen LogP contribution < -0.4 is 0 Å². The lowest BCUT2D eigenvalue weighted by molar-refractivity contribution is -0.137. The summed E-state index contributed by atoms with van der Waals surface area (Å²) in [5, 5.41) is 0. The molecule has 0 aromatic rings. The van der Waals surface area contributed by atoms with Gasteiger partial charge in [-0.25, -0.2) is 4.79 Å². The van der Waals surface area contributed by atoms with Gasteiger partial charge >= 0.3 is 14.8 Å². The SMILES string of the molecule is C=CC(=O)OCCCC[Si](OCCC)(OCCC)OCCC. The number of unbranched alkanes of at least 4 members (excludes halogenated alkanes) is 1. The number of carbonyl (C=O) groups excluding carboxylic acids is 1. The third-order valence-electron chi connectivity index (χ3n) is 2.87. The van der Waals surface area contributed by atoms with Crippen LogP contribution in [0.2, 0.25) is 6.04 Å². The number of ether oxygens (including phenoxy) is 1. The molecule has 0 aliphatic heterocycles. The zero-order valence-electron chi connectivity index (χ0n) is 14.4. The van der Waals surface area contributed by atoms with E-state index in [-0.39, 0.29) is 5.97 Å². The van der Waals surface area contributed by atoms with Gasteiger partial charge in [0.05, 0.1) is 6.61 Å². The highest BCUT2D eigenvalue weighted by Gasteiger charge is 2.40. The average Bonchev–Trinajstić information content (AvgIpc) is 2.55. The van der Waals surface area contributed by atoms with Crippen molar-refractivity contribution in [3.63, 3.8) is 0 Å². The van der Waals surface area contributed by atoms with Crippen LogP contribution in [-0.2, 0) is 22.8 Å².